The molecule has 0 aromatic carbocycles. The van der Waals surface area contributed by atoms with Crippen LogP contribution in [0.4, 0.5) is 13.2 Å². The fourth-order valence-electron chi connectivity index (χ4n) is 1.87. The van der Waals surface area contributed by atoms with Crippen molar-refractivity contribution in [3.8, 4) is 0 Å². The minimum Gasteiger partial charge on any atom is -0.347 e. The summed E-state index contributed by atoms with van der Waals surface area (Å²) in [6, 6.07) is 4.01. The first-order chi connectivity index (χ1) is 10.7. The van der Waals surface area contributed by atoms with E-state index in [1.165, 1.54) is 4.88 Å². The monoisotopic (exact) mass is 478 g/mol. The zero-order valence-corrected chi connectivity index (χ0v) is 16.9. The molecule has 0 spiro atoms. The fraction of sp³-hybridized carbons (Fsp3) is 0.571. The number of hydrogen-bond acceptors (Lipinski definition) is 3. The molecule has 1 rings (SSSR count). The Morgan fingerprint density at radius 2 is 2.00 bits per heavy atom. The van der Waals surface area contributed by atoms with Gasteiger partial charge >= 0.3 is 6.18 Å². The van der Waals surface area contributed by atoms with Crippen LogP contribution in [0.3, 0.4) is 0 Å². The van der Waals surface area contributed by atoms with Crippen molar-refractivity contribution in [3.63, 3.8) is 0 Å². The van der Waals surface area contributed by atoms with Gasteiger partial charge in [0, 0.05) is 32.6 Å². The van der Waals surface area contributed by atoms with Crippen molar-refractivity contribution in [2.24, 2.45) is 4.99 Å². The number of nitrogens with one attached hydrogen (secondary N) is 1. The highest BCUT2D eigenvalue weighted by molar-refractivity contribution is 14.0. The van der Waals surface area contributed by atoms with Crippen molar-refractivity contribution in [3.05, 3.63) is 22.4 Å². The summed E-state index contributed by atoms with van der Waals surface area (Å²) < 4.78 is 36.7. The van der Waals surface area contributed by atoms with Gasteiger partial charge in [0.1, 0.15) is 6.54 Å². The van der Waals surface area contributed by atoms with Crippen LogP contribution in [0, 0.1) is 0 Å². The van der Waals surface area contributed by atoms with E-state index in [1.54, 1.807) is 18.4 Å². The second kappa shape index (κ2) is 10.7. The summed E-state index contributed by atoms with van der Waals surface area (Å²) in [6.07, 6.45) is -3.57. The molecule has 1 aromatic heterocycles. The average molecular weight is 478 g/mol. The highest BCUT2D eigenvalue weighted by atomic mass is 127. The minimum atomic E-state index is -4.40. The molecule has 0 atom stereocenters. The highest BCUT2D eigenvalue weighted by Crippen LogP contribution is 2.15. The number of nitrogens with zero attached hydrogens (tertiary/aromatic N) is 3. The second-order valence-electron chi connectivity index (χ2n) is 5.02. The van der Waals surface area contributed by atoms with Crippen molar-refractivity contribution >= 4 is 47.2 Å². The van der Waals surface area contributed by atoms with Crippen LogP contribution in [-0.4, -0.2) is 68.6 Å². The van der Waals surface area contributed by atoms with Crippen LogP contribution in [0.5, 0.6) is 0 Å². The molecule has 0 bridgehead atoms. The van der Waals surface area contributed by atoms with E-state index in [9.17, 15) is 18.0 Å². The van der Waals surface area contributed by atoms with Gasteiger partial charge < -0.3 is 15.1 Å². The third-order valence-corrected chi connectivity index (χ3v) is 4.02. The number of carbonyl (C=O) groups is 1. The first-order valence-electron chi connectivity index (χ1n) is 6.98. The molecule has 0 fully saturated rings. The Balaban J connectivity index is 0.00000529. The predicted octanol–water partition coefficient (Wildman–Crippen LogP) is 2.44. The summed E-state index contributed by atoms with van der Waals surface area (Å²) in [5.74, 6) is -0.176. The summed E-state index contributed by atoms with van der Waals surface area (Å²) in [7, 11) is 4.50. The van der Waals surface area contributed by atoms with Crippen molar-refractivity contribution in [2.75, 3.05) is 40.8 Å². The van der Waals surface area contributed by atoms with Crippen LogP contribution < -0.4 is 5.32 Å². The highest BCUT2D eigenvalue weighted by Gasteiger charge is 2.31. The van der Waals surface area contributed by atoms with Crippen LogP contribution in [0.25, 0.3) is 0 Å². The Hall–Kier alpha value is -1.04. The van der Waals surface area contributed by atoms with E-state index < -0.39 is 18.6 Å². The van der Waals surface area contributed by atoms with Crippen molar-refractivity contribution in [2.45, 2.75) is 12.6 Å². The molecule has 0 aliphatic carbocycles. The van der Waals surface area contributed by atoms with Gasteiger partial charge in [-0.2, -0.15) is 13.2 Å². The summed E-state index contributed by atoms with van der Waals surface area (Å²) >= 11 is 1.66. The predicted molar refractivity (Wildman–Crippen MR) is 101 cm³/mol. The molecule has 24 heavy (non-hydrogen) atoms. The fourth-order valence-corrected chi connectivity index (χ4v) is 2.57. The molecule has 1 aromatic rings. The normalized spacial score (nSPS) is 11.7. The number of alkyl halides is 3. The SMILES string of the molecule is CN=C(NCC(=O)N(C)CC(F)(F)F)N(C)CCc1cccs1.I. The molecule has 1 heterocycles. The number of hydrogen-bond donors (Lipinski definition) is 1. The standard InChI is InChI=1S/C14H21F3N4OS.HI/c1-18-13(20(2)7-6-11-5-4-8-23-11)19-9-12(22)21(3)10-14(15,16)17;/h4-5,8H,6-7,9-10H2,1-3H3,(H,18,19);1H. The van der Waals surface area contributed by atoms with Gasteiger partial charge in [-0.15, -0.1) is 35.3 Å². The lowest BCUT2D eigenvalue weighted by Gasteiger charge is -2.23. The molecule has 0 aliphatic rings. The van der Waals surface area contributed by atoms with Gasteiger partial charge in [-0.1, -0.05) is 6.07 Å². The number of carbonyl (C=O) groups excluding carboxylic acids is 1. The minimum absolute atomic E-state index is 0. The van der Waals surface area contributed by atoms with Gasteiger partial charge in [0.2, 0.25) is 5.91 Å². The van der Waals surface area contributed by atoms with E-state index in [2.05, 4.69) is 10.3 Å². The van der Waals surface area contributed by atoms with E-state index in [0.29, 0.717) is 17.4 Å². The lowest BCUT2D eigenvalue weighted by atomic mass is 10.3. The molecule has 5 nitrogen and oxygen atoms in total. The van der Waals surface area contributed by atoms with Crippen molar-refractivity contribution in [1.29, 1.82) is 0 Å². The van der Waals surface area contributed by atoms with E-state index in [1.807, 2.05) is 29.5 Å². The quantitative estimate of drug-likeness (QED) is 0.389. The smallest absolute Gasteiger partial charge is 0.347 e. The molecule has 0 saturated heterocycles. The van der Waals surface area contributed by atoms with E-state index in [0.717, 1.165) is 13.5 Å². The lowest BCUT2D eigenvalue weighted by Crippen LogP contribution is -2.46. The van der Waals surface area contributed by atoms with Crippen LogP contribution >= 0.6 is 35.3 Å². The van der Waals surface area contributed by atoms with Crippen LogP contribution in [-0.2, 0) is 11.2 Å². The maximum Gasteiger partial charge on any atom is 0.406 e. The third kappa shape index (κ3) is 8.71. The van der Waals surface area contributed by atoms with Gasteiger partial charge in [0.05, 0.1) is 6.54 Å². The van der Waals surface area contributed by atoms with Gasteiger partial charge in [-0.25, -0.2) is 0 Å². The van der Waals surface area contributed by atoms with Crippen LogP contribution in [0.15, 0.2) is 22.5 Å². The van der Waals surface area contributed by atoms with E-state index >= 15 is 0 Å². The zero-order chi connectivity index (χ0) is 17.5. The molecule has 0 saturated carbocycles. The molecular formula is C14H22F3IN4OS. The Morgan fingerprint density at radius 1 is 1.33 bits per heavy atom. The molecule has 0 aliphatic heterocycles. The Labute approximate surface area is 160 Å². The van der Waals surface area contributed by atoms with Gasteiger partial charge in [0.25, 0.3) is 0 Å². The lowest BCUT2D eigenvalue weighted by molar-refractivity contribution is -0.157. The second-order valence-corrected chi connectivity index (χ2v) is 6.05. The summed E-state index contributed by atoms with van der Waals surface area (Å²) in [4.78, 5) is 19.4. The number of thiophene rings is 1. The topological polar surface area (TPSA) is 47.9 Å². The van der Waals surface area contributed by atoms with Gasteiger partial charge in [0.15, 0.2) is 5.96 Å². The van der Waals surface area contributed by atoms with Crippen LogP contribution in [0.2, 0.25) is 0 Å². The number of guanidine groups is 1. The molecule has 1 N–H and O–H groups in total. The van der Waals surface area contributed by atoms with E-state index in [4.69, 9.17) is 0 Å². The van der Waals surface area contributed by atoms with Crippen molar-refractivity contribution in [1.82, 2.24) is 15.1 Å². The summed E-state index contributed by atoms with van der Waals surface area (Å²) in [6.45, 7) is -0.810. The molecule has 10 heteroatoms. The number of rotatable bonds is 6. The molecular weight excluding hydrogens is 456 g/mol. The molecule has 1 amide bonds. The molecule has 0 radical (unpaired) electrons. The molecule has 138 valence electrons. The Kier molecular flexibility index (Phi) is 10.3. The number of amides is 1. The maximum atomic E-state index is 12.2. The molecule has 0 unspecified atom stereocenters. The Morgan fingerprint density at radius 3 is 2.50 bits per heavy atom. The number of halogens is 4. The van der Waals surface area contributed by atoms with Gasteiger partial charge in [-0.3, -0.25) is 9.79 Å². The number of likely N-dealkylation sites (N-methyl/N-ethyl adjacent to an activating group) is 2. The third-order valence-electron chi connectivity index (χ3n) is 3.09. The maximum absolute atomic E-state index is 12.2. The largest absolute Gasteiger partial charge is 0.406 e. The Bertz CT molecular complexity index is 523. The van der Waals surface area contributed by atoms with E-state index in [-0.39, 0.29) is 30.5 Å². The average Bonchev–Trinajstić information content (AvgIpc) is 2.96. The summed E-state index contributed by atoms with van der Waals surface area (Å²) in [5, 5.41) is 4.78. The van der Waals surface area contributed by atoms with Crippen molar-refractivity contribution < 1.29 is 18.0 Å². The summed E-state index contributed by atoms with van der Waals surface area (Å²) in [5.41, 5.74) is 0. The first kappa shape index (κ1) is 23.0. The van der Waals surface area contributed by atoms with Gasteiger partial charge in [-0.05, 0) is 17.9 Å². The number of aliphatic imine (C=N–C) groups is 1. The zero-order valence-electron chi connectivity index (χ0n) is 13.8. The van der Waals surface area contributed by atoms with Crippen LogP contribution in [0.1, 0.15) is 4.88 Å². The first-order valence-corrected chi connectivity index (χ1v) is 7.86.